The van der Waals surface area contributed by atoms with Crippen LogP contribution in [0.1, 0.15) is 69.3 Å². The van der Waals surface area contributed by atoms with Gasteiger partial charge in [-0.15, -0.1) is 0 Å². The van der Waals surface area contributed by atoms with Crippen molar-refractivity contribution in [3.8, 4) is 0 Å². The molecule has 0 saturated carbocycles. The van der Waals surface area contributed by atoms with E-state index < -0.39 is 41.3 Å². The summed E-state index contributed by atoms with van der Waals surface area (Å²) < 4.78 is 5.40. The minimum Gasteiger partial charge on any atom is -0.422 e. The van der Waals surface area contributed by atoms with E-state index in [9.17, 15) is 19.2 Å². The van der Waals surface area contributed by atoms with Gasteiger partial charge in [0.1, 0.15) is 17.2 Å². The van der Waals surface area contributed by atoms with Crippen molar-refractivity contribution in [2.45, 2.75) is 78.4 Å². The van der Waals surface area contributed by atoms with Gasteiger partial charge in [-0.2, -0.15) is 0 Å². The SMILES string of the molecule is Cc1c(C(=O)[C@H](CCCCN)NC(=O)[C@H](CC(C)C)NC(=O)[C@@H](N)C(C)C)c(=O)oc2cc(N)ccc12. The first-order valence-corrected chi connectivity index (χ1v) is 12.8. The van der Waals surface area contributed by atoms with E-state index in [1.165, 1.54) is 6.07 Å². The molecule has 0 aliphatic rings. The molecule has 0 unspecified atom stereocenters. The second-order valence-electron chi connectivity index (χ2n) is 10.3. The number of carbonyl (C=O) groups is 3. The molecule has 2 aromatic rings. The minimum absolute atomic E-state index is 0.0833. The Morgan fingerprint density at radius 1 is 1.00 bits per heavy atom. The summed E-state index contributed by atoms with van der Waals surface area (Å²) in [5.74, 6) is -1.53. The Morgan fingerprint density at radius 2 is 1.65 bits per heavy atom. The Labute approximate surface area is 217 Å². The number of hydrogen-bond acceptors (Lipinski definition) is 8. The summed E-state index contributed by atoms with van der Waals surface area (Å²) in [6, 6.07) is 2.21. The molecule has 2 amide bonds. The lowest BCUT2D eigenvalue weighted by molar-refractivity contribution is -0.130. The monoisotopic (exact) mass is 515 g/mol. The molecule has 10 nitrogen and oxygen atoms in total. The maximum Gasteiger partial charge on any atom is 0.347 e. The van der Waals surface area contributed by atoms with Gasteiger partial charge in [0.15, 0.2) is 5.78 Å². The number of hydrogen-bond donors (Lipinski definition) is 5. The molecule has 0 radical (unpaired) electrons. The van der Waals surface area contributed by atoms with Crippen LogP contribution in [0.4, 0.5) is 5.69 Å². The number of nitrogens with one attached hydrogen (secondary N) is 2. The van der Waals surface area contributed by atoms with Crippen molar-refractivity contribution >= 4 is 34.3 Å². The minimum atomic E-state index is -1.00. The van der Waals surface area contributed by atoms with E-state index in [0.717, 1.165) is 0 Å². The molecular weight excluding hydrogens is 474 g/mol. The fraction of sp³-hybridized carbons (Fsp3) is 0.556. The molecule has 8 N–H and O–H groups in total. The average molecular weight is 516 g/mol. The Balaban J connectivity index is 2.40. The van der Waals surface area contributed by atoms with Gasteiger partial charge in [-0.05, 0) is 68.7 Å². The molecule has 3 atom stereocenters. The Bertz CT molecular complexity index is 1170. The van der Waals surface area contributed by atoms with Crippen LogP contribution in [0.15, 0.2) is 27.4 Å². The van der Waals surface area contributed by atoms with Gasteiger partial charge in [-0.1, -0.05) is 27.7 Å². The number of nitrogens with two attached hydrogens (primary N) is 3. The molecule has 10 heteroatoms. The van der Waals surface area contributed by atoms with Gasteiger partial charge in [-0.25, -0.2) is 4.79 Å². The smallest absolute Gasteiger partial charge is 0.347 e. The molecule has 0 aliphatic heterocycles. The largest absolute Gasteiger partial charge is 0.422 e. The maximum absolute atomic E-state index is 13.7. The van der Waals surface area contributed by atoms with Crippen LogP contribution in [0.5, 0.6) is 0 Å². The summed E-state index contributed by atoms with van der Waals surface area (Å²) in [5.41, 5.74) is 17.6. The lowest BCUT2D eigenvalue weighted by atomic mass is 9.94. The molecule has 0 spiro atoms. The summed E-state index contributed by atoms with van der Waals surface area (Å²) in [4.78, 5) is 52.5. The normalized spacial score (nSPS) is 14.0. The van der Waals surface area contributed by atoms with Crippen LogP contribution in [0, 0.1) is 18.8 Å². The second-order valence-corrected chi connectivity index (χ2v) is 10.3. The Hall–Kier alpha value is -3.24. The van der Waals surface area contributed by atoms with E-state index in [-0.39, 0.29) is 29.4 Å². The molecule has 0 fully saturated rings. The average Bonchev–Trinajstić information content (AvgIpc) is 2.81. The molecule has 1 heterocycles. The molecule has 1 aromatic heterocycles. The lowest BCUT2D eigenvalue weighted by Crippen LogP contribution is -2.55. The van der Waals surface area contributed by atoms with Gasteiger partial charge in [0, 0.05) is 17.1 Å². The van der Waals surface area contributed by atoms with Crippen LogP contribution in [0.25, 0.3) is 11.0 Å². The number of nitrogen functional groups attached to an aromatic ring is 1. The van der Waals surface area contributed by atoms with Crippen molar-refractivity contribution in [1.82, 2.24) is 10.6 Å². The van der Waals surface area contributed by atoms with E-state index in [0.29, 0.717) is 42.4 Å². The first-order chi connectivity index (χ1) is 17.4. The molecule has 0 bridgehead atoms. The third-order valence-corrected chi connectivity index (χ3v) is 6.38. The summed E-state index contributed by atoms with van der Waals surface area (Å²) in [6.45, 7) is 9.58. The molecule has 204 valence electrons. The number of benzene rings is 1. The number of fused-ring (bicyclic) bond motifs is 1. The van der Waals surface area contributed by atoms with Crippen LogP contribution in [0.2, 0.25) is 0 Å². The van der Waals surface area contributed by atoms with Crippen LogP contribution < -0.4 is 33.5 Å². The van der Waals surface area contributed by atoms with Gasteiger partial charge in [0.25, 0.3) is 0 Å². The van der Waals surface area contributed by atoms with Gasteiger partial charge < -0.3 is 32.3 Å². The predicted molar refractivity (Wildman–Crippen MR) is 145 cm³/mol. The topological polar surface area (TPSA) is 184 Å². The van der Waals surface area contributed by atoms with Gasteiger partial charge in [0.2, 0.25) is 11.8 Å². The van der Waals surface area contributed by atoms with E-state index in [4.69, 9.17) is 21.6 Å². The van der Waals surface area contributed by atoms with Crippen molar-refractivity contribution in [3.63, 3.8) is 0 Å². The highest BCUT2D eigenvalue weighted by Gasteiger charge is 2.31. The zero-order valence-corrected chi connectivity index (χ0v) is 22.4. The third kappa shape index (κ3) is 7.87. The number of carbonyl (C=O) groups excluding carboxylic acids is 3. The molecule has 2 rings (SSSR count). The number of Topliss-reactive ketones (excluding diaryl/α,β-unsaturated/α-hetero) is 1. The number of unbranched alkanes of at least 4 members (excludes halogenated alkanes) is 1. The third-order valence-electron chi connectivity index (χ3n) is 6.38. The van der Waals surface area contributed by atoms with Crippen molar-refractivity contribution < 1.29 is 18.8 Å². The Morgan fingerprint density at radius 3 is 2.24 bits per heavy atom. The quantitative estimate of drug-likeness (QED) is 0.116. The summed E-state index contributed by atoms with van der Waals surface area (Å²) in [6.07, 6.45) is 1.82. The zero-order chi connectivity index (χ0) is 27.9. The van der Waals surface area contributed by atoms with E-state index in [1.54, 1.807) is 19.1 Å². The van der Waals surface area contributed by atoms with Crippen molar-refractivity contribution in [1.29, 1.82) is 0 Å². The highest BCUT2D eigenvalue weighted by molar-refractivity contribution is 6.05. The highest BCUT2D eigenvalue weighted by atomic mass is 16.4. The zero-order valence-electron chi connectivity index (χ0n) is 22.4. The van der Waals surface area contributed by atoms with Crippen molar-refractivity contribution in [2.75, 3.05) is 12.3 Å². The first-order valence-electron chi connectivity index (χ1n) is 12.8. The molecule has 0 aliphatic carbocycles. The number of anilines is 1. The fourth-order valence-corrected chi connectivity index (χ4v) is 4.14. The van der Waals surface area contributed by atoms with Crippen molar-refractivity contribution in [3.05, 3.63) is 39.7 Å². The fourth-order valence-electron chi connectivity index (χ4n) is 4.14. The first kappa shape index (κ1) is 30.0. The van der Waals surface area contributed by atoms with Crippen LogP contribution in [0.3, 0.4) is 0 Å². The van der Waals surface area contributed by atoms with E-state index >= 15 is 0 Å². The summed E-state index contributed by atoms with van der Waals surface area (Å²) >= 11 is 0. The van der Waals surface area contributed by atoms with Gasteiger partial charge >= 0.3 is 5.63 Å². The molecule has 1 aromatic carbocycles. The Kier molecular flexibility index (Phi) is 10.8. The molecule has 37 heavy (non-hydrogen) atoms. The lowest BCUT2D eigenvalue weighted by Gasteiger charge is -2.26. The highest BCUT2D eigenvalue weighted by Crippen LogP contribution is 2.23. The maximum atomic E-state index is 13.7. The van der Waals surface area contributed by atoms with E-state index in [2.05, 4.69) is 10.6 Å². The number of aryl methyl sites for hydroxylation is 1. The van der Waals surface area contributed by atoms with Crippen LogP contribution in [-0.2, 0) is 9.59 Å². The van der Waals surface area contributed by atoms with Crippen LogP contribution >= 0.6 is 0 Å². The number of rotatable bonds is 13. The second kappa shape index (κ2) is 13.3. The standard InChI is InChI=1S/C27H41N5O5/c1-14(2)12-20(32-26(35)23(30)15(3)4)25(34)31-19(8-6-7-11-28)24(33)22-16(5)18-10-9-17(29)13-21(18)37-27(22)36/h9-10,13-15,19-20,23H,6-8,11-12,28-30H2,1-5H3,(H,31,34)(H,32,35)/t19-,20-,23-/m0/s1. The van der Waals surface area contributed by atoms with Crippen molar-refractivity contribution in [2.24, 2.45) is 23.3 Å². The molecular formula is C27H41N5O5. The number of ketones is 1. The van der Waals surface area contributed by atoms with Crippen LogP contribution in [-0.4, -0.2) is 42.3 Å². The summed E-state index contributed by atoms with van der Waals surface area (Å²) in [5, 5.41) is 6.09. The predicted octanol–water partition coefficient (Wildman–Crippen LogP) is 1.99. The molecule has 0 saturated heterocycles. The number of amides is 2. The van der Waals surface area contributed by atoms with Gasteiger partial charge in [-0.3, -0.25) is 14.4 Å². The van der Waals surface area contributed by atoms with Gasteiger partial charge in [0.05, 0.1) is 12.1 Å². The van der Waals surface area contributed by atoms with E-state index in [1.807, 2.05) is 27.7 Å². The summed E-state index contributed by atoms with van der Waals surface area (Å²) in [7, 11) is 0.